The van der Waals surface area contributed by atoms with Crippen LogP contribution in [0, 0.1) is 20.8 Å². The second-order valence-corrected chi connectivity index (χ2v) is 4.83. The van der Waals surface area contributed by atoms with Crippen molar-refractivity contribution in [2.24, 2.45) is 0 Å². The van der Waals surface area contributed by atoms with Crippen LogP contribution in [0.15, 0.2) is 42.5 Å². The molecule has 0 aromatic heterocycles. The molecule has 0 spiro atoms. The summed E-state index contributed by atoms with van der Waals surface area (Å²) in [6.07, 6.45) is 0. The lowest BCUT2D eigenvalue weighted by atomic mass is 10.1. The molecule has 2 nitrogen and oxygen atoms in total. The summed E-state index contributed by atoms with van der Waals surface area (Å²) in [5.74, 6) is 0. The quantitative estimate of drug-likeness (QED) is 0.813. The summed E-state index contributed by atoms with van der Waals surface area (Å²) in [5.41, 5.74) is 9.51. The molecule has 2 aromatic carbocycles. The molecule has 94 valence electrons. The van der Waals surface area contributed by atoms with E-state index in [0.29, 0.717) is 0 Å². The molecule has 0 saturated carbocycles. The summed E-state index contributed by atoms with van der Waals surface area (Å²) >= 11 is 0. The van der Waals surface area contributed by atoms with Gasteiger partial charge in [-0.1, -0.05) is 35.4 Å². The van der Waals surface area contributed by atoms with Crippen LogP contribution >= 0.6 is 0 Å². The van der Waals surface area contributed by atoms with Crippen molar-refractivity contribution in [3.05, 3.63) is 59.2 Å². The fraction of sp³-hybridized carbons (Fsp3) is 0.250. The number of hydrazine groups is 1. The average molecular weight is 240 g/mol. The van der Waals surface area contributed by atoms with Gasteiger partial charge < -0.3 is 0 Å². The Labute approximate surface area is 109 Å². The summed E-state index contributed by atoms with van der Waals surface area (Å²) < 4.78 is 0. The molecule has 0 heterocycles. The number of anilines is 2. The Hall–Kier alpha value is -1.96. The van der Waals surface area contributed by atoms with Crippen molar-refractivity contribution in [2.75, 3.05) is 17.5 Å². The van der Waals surface area contributed by atoms with E-state index in [1.807, 2.05) is 7.05 Å². The molecule has 2 aromatic rings. The zero-order chi connectivity index (χ0) is 13.1. The zero-order valence-corrected chi connectivity index (χ0v) is 11.5. The van der Waals surface area contributed by atoms with E-state index in [2.05, 4.69) is 73.7 Å². The molecule has 1 N–H and O–H groups in total. The highest BCUT2D eigenvalue weighted by Crippen LogP contribution is 2.21. The van der Waals surface area contributed by atoms with Gasteiger partial charge in [-0.25, -0.2) is 0 Å². The molecule has 0 atom stereocenters. The van der Waals surface area contributed by atoms with Crippen LogP contribution in [0.3, 0.4) is 0 Å². The topological polar surface area (TPSA) is 15.3 Å². The van der Waals surface area contributed by atoms with Gasteiger partial charge in [0.05, 0.1) is 11.4 Å². The van der Waals surface area contributed by atoms with E-state index < -0.39 is 0 Å². The molecule has 0 amide bonds. The van der Waals surface area contributed by atoms with E-state index >= 15 is 0 Å². The van der Waals surface area contributed by atoms with Gasteiger partial charge in [0.1, 0.15) is 0 Å². The van der Waals surface area contributed by atoms with E-state index in [1.165, 1.54) is 22.4 Å². The first-order valence-corrected chi connectivity index (χ1v) is 6.20. The third kappa shape index (κ3) is 2.83. The van der Waals surface area contributed by atoms with Crippen LogP contribution in [0.2, 0.25) is 0 Å². The summed E-state index contributed by atoms with van der Waals surface area (Å²) in [6, 6.07) is 14.9. The fourth-order valence-corrected chi connectivity index (χ4v) is 2.06. The standard InChI is InChI=1S/C16H20N2/c1-12-5-8-15(9-6-12)17-18(4)16-10-7-13(2)11-14(16)3/h5-11,17H,1-4H3. The van der Waals surface area contributed by atoms with E-state index in [9.17, 15) is 0 Å². The van der Waals surface area contributed by atoms with Crippen molar-refractivity contribution < 1.29 is 0 Å². The number of hydrogen-bond donors (Lipinski definition) is 1. The number of hydrogen-bond acceptors (Lipinski definition) is 2. The van der Waals surface area contributed by atoms with Crippen LogP contribution in [-0.4, -0.2) is 7.05 Å². The van der Waals surface area contributed by atoms with Crippen molar-refractivity contribution >= 4 is 11.4 Å². The van der Waals surface area contributed by atoms with Crippen LogP contribution in [-0.2, 0) is 0 Å². The highest BCUT2D eigenvalue weighted by Gasteiger charge is 2.04. The third-order valence-corrected chi connectivity index (χ3v) is 3.06. The van der Waals surface area contributed by atoms with Gasteiger partial charge >= 0.3 is 0 Å². The Morgan fingerprint density at radius 3 is 2.06 bits per heavy atom. The summed E-state index contributed by atoms with van der Waals surface area (Å²) in [4.78, 5) is 0. The van der Waals surface area contributed by atoms with Crippen molar-refractivity contribution in [3.63, 3.8) is 0 Å². The summed E-state index contributed by atoms with van der Waals surface area (Å²) in [5, 5.41) is 2.06. The molecule has 0 fully saturated rings. The normalized spacial score (nSPS) is 10.2. The molecule has 0 bridgehead atoms. The highest BCUT2D eigenvalue weighted by atomic mass is 15.5. The zero-order valence-electron chi connectivity index (χ0n) is 11.5. The molecule has 0 radical (unpaired) electrons. The van der Waals surface area contributed by atoms with E-state index in [1.54, 1.807) is 0 Å². The number of nitrogens with zero attached hydrogens (tertiary/aromatic N) is 1. The molecule has 2 rings (SSSR count). The van der Waals surface area contributed by atoms with Crippen LogP contribution in [0.5, 0.6) is 0 Å². The number of rotatable bonds is 3. The summed E-state index contributed by atoms with van der Waals surface area (Å²) in [7, 11) is 2.04. The minimum atomic E-state index is 1.10. The number of benzene rings is 2. The van der Waals surface area contributed by atoms with E-state index in [0.717, 1.165) is 5.69 Å². The highest BCUT2D eigenvalue weighted by molar-refractivity contribution is 5.59. The van der Waals surface area contributed by atoms with Crippen molar-refractivity contribution in [1.29, 1.82) is 0 Å². The maximum Gasteiger partial charge on any atom is 0.0597 e. The van der Waals surface area contributed by atoms with Crippen LogP contribution < -0.4 is 10.4 Å². The van der Waals surface area contributed by atoms with Crippen molar-refractivity contribution in [3.8, 4) is 0 Å². The average Bonchev–Trinajstić information content (AvgIpc) is 2.32. The molecule has 18 heavy (non-hydrogen) atoms. The first-order valence-electron chi connectivity index (χ1n) is 6.20. The Bertz CT molecular complexity index is 529. The van der Waals surface area contributed by atoms with Crippen LogP contribution in [0.4, 0.5) is 11.4 Å². The lowest BCUT2D eigenvalue weighted by Crippen LogP contribution is -2.25. The number of aryl methyl sites for hydroxylation is 3. The first kappa shape index (κ1) is 12.5. The fourth-order valence-electron chi connectivity index (χ4n) is 2.06. The predicted octanol–water partition coefficient (Wildman–Crippen LogP) is 4.08. The third-order valence-electron chi connectivity index (χ3n) is 3.06. The molecule has 0 saturated heterocycles. The minimum absolute atomic E-state index is 1.10. The minimum Gasteiger partial charge on any atom is -0.299 e. The number of nitrogens with one attached hydrogen (secondary N) is 1. The lowest BCUT2D eigenvalue weighted by molar-refractivity contribution is 1.08. The smallest absolute Gasteiger partial charge is 0.0597 e. The summed E-state index contributed by atoms with van der Waals surface area (Å²) in [6.45, 7) is 6.34. The first-order chi connectivity index (χ1) is 8.56. The van der Waals surface area contributed by atoms with Gasteiger partial charge in [-0.05, 0) is 44.5 Å². The van der Waals surface area contributed by atoms with Gasteiger partial charge in [-0.15, -0.1) is 0 Å². The SMILES string of the molecule is Cc1ccc(NN(C)c2ccc(C)cc2C)cc1. The van der Waals surface area contributed by atoms with Gasteiger partial charge in [0, 0.05) is 7.05 Å². The largest absolute Gasteiger partial charge is 0.299 e. The van der Waals surface area contributed by atoms with Crippen LogP contribution in [0.25, 0.3) is 0 Å². The molecule has 0 unspecified atom stereocenters. The lowest BCUT2D eigenvalue weighted by Gasteiger charge is -2.23. The predicted molar refractivity (Wildman–Crippen MR) is 79.1 cm³/mol. The molecular weight excluding hydrogens is 220 g/mol. The monoisotopic (exact) mass is 240 g/mol. The molecular formula is C16H20N2. The molecule has 2 heteroatoms. The second-order valence-electron chi connectivity index (χ2n) is 4.83. The van der Waals surface area contributed by atoms with Crippen LogP contribution in [0.1, 0.15) is 16.7 Å². The maximum atomic E-state index is 3.38. The van der Waals surface area contributed by atoms with Crippen molar-refractivity contribution in [2.45, 2.75) is 20.8 Å². The van der Waals surface area contributed by atoms with E-state index in [4.69, 9.17) is 0 Å². The molecule has 0 aliphatic rings. The van der Waals surface area contributed by atoms with Gasteiger partial charge in [0.2, 0.25) is 0 Å². The Morgan fingerprint density at radius 2 is 1.44 bits per heavy atom. The van der Waals surface area contributed by atoms with Crippen molar-refractivity contribution in [1.82, 2.24) is 0 Å². The molecule has 0 aliphatic carbocycles. The maximum absolute atomic E-state index is 3.38. The Morgan fingerprint density at radius 1 is 0.833 bits per heavy atom. The van der Waals surface area contributed by atoms with Gasteiger partial charge in [0.15, 0.2) is 0 Å². The Balaban J connectivity index is 2.16. The Kier molecular flexibility index (Phi) is 3.56. The van der Waals surface area contributed by atoms with Gasteiger partial charge in [-0.3, -0.25) is 10.4 Å². The van der Waals surface area contributed by atoms with Gasteiger partial charge in [0.25, 0.3) is 0 Å². The van der Waals surface area contributed by atoms with Gasteiger partial charge in [-0.2, -0.15) is 0 Å². The van der Waals surface area contributed by atoms with E-state index in [-0.39, 0.29) is 0 Å². The molecule has 0 aliphatic heterocycles. The second kappa shape index (κ2) is 5.13.